The number of halogens is 2. The Labute approximate surface area is 122 Å². The Bertz CT molecular complexity index is 582. The number of amides is 1. The van der Waals surface area contributed by atoms with E-state index in [1.807, 2.05) is 6.07 Å². The summed E-state index contributed by atoms with van der Waals surface area (Å²) < 4.78 is 5.96. The molecule has 18 heavy (non-hydrogen) atoms. The predicted octanol–water partition coefficient (Wildman–Crippen LogP) is 3.30. The van der Waals surface area contributed by atoms with Crippen LogP contribution in [-0.4, -0.2) is 12.1 Å². The van der Waals surface area contributed by atoms with Gasteiger partial charge in [-0.05, 0) is 52.9 Å². The second kappa shape index (κ2) is 6.01. The second-order valence-electron chi connectivity index (χ2n) is 3.34. The molecule has 1 aromatic carbocycles. The monoisotopic (exact) mass is 374 g/mol. The summed E-state index contributed by atoms with van der Waals surface area (Å²) in [7, 11) is 0. The fourth-order valence-electron chi connectivity index (χ4n) is 1.25. The third kappa shape index (κ3) is 3.33. The van der Waals surface area contributed by atoms with E-state index in [2.05, 4.69) is 33.1 Å². The largest absolute Gasteiger partial charge is 0.463 e. The van der Waals surface area contributed by atoms with Crippen molar-refractivity contribution in [2.75, 3.05) is 0 Å². The number of carbonyl (C=O) groups excluding carboxylic acids is 1. The molecule has 0 unspecified atom stereocenters. The molecular weight excluding hydrogens is 367 g/mol. The number of nitrogens with zero attached hydrogens (tertiary/aromatic N) is 1. The molecule has 0 saturated heterocycles. The maximum Gasteiger partial charge on any atom is 0.272 e. The van der Waals surface area contributed by atoms with Crippen LogP contribution in [0.1, 0.15) is 16.1 Å². The van der Waals surface area contributed by atoms with E-state index in [4.69, 9.17) is 16.0 Å². The number of carbonyl (C=O) groups is 1. The smallest absolute Gasteiger partial charge is 0.272 e. The van der Waals surface area contributed by atoms with E-state index in [-0.39, 0.29) is 5.91 Å². The molecule has 0 aliphatic rings. The van der Waals surface area contributed by atoms with Gasteiger partial charge in [-0.15, -0.1) is 0 Å². The summed E-state index contributed by atoms with van der Waals surface area (Å²) in [6, 6.07) is 8.66. The SMILES string of the molecule is O=C(NN=Cc1ccco1)c1cc(I)ccc1Cl. The van der Waals surface area contributed by atoms with Gasteiger partial charge in [-0.25, -0.2) is 5.43 Å². The zero-order valence-electron chi connectivity index (χ0n) is 9.06. The molecule has 0 atom stereocenters. The van der Waals surface area contributed by atoms with Gasteiger partial charge in [-0.2, -0.15) is 5.10 Å². The van der Waals surface area contributed by atoms with E-state index >= 15 is 0 Å². The van der Waals surface area contributed by atoms with Gasteiger partial charge >= 0.3 is 0 Å². The van der Waals surface area contributed by atoms with E-state index in [0.717, 1.165) is 3.57 Å². The van der Waals surface area contributed by atoms with Crippen LogP contribution in [0.5, 0.6) is 0 Å². The van der Waals surface area contributed by atoms with Crippen LogP contribution in [-0.2, 0) is 0 Å². The molecular formula is C12H8ClIN2O2. The number of furan rings is 1. The first-order valence-electron chi connectivity index (χ1n) is 4.99. The number of rotatable bonds is 3. The number of nitrogens with one attached hydrogen (secondary N) is 1. The number of benzene rings is 1. The highest BCUT2D eigenvalue weighted by Gasteiger charge is 2.09. The van der Waals surface area contributed by atoms with Crippen LogP contribution in [0.2, 0.25) is 5.02 Å². The lowest BCUT2D eigenvalue weighted by Crippen LogP contribution is -2.18. The summed E-state index contributed by atoms with van der Waals surface area (Å²) in [5, 5.41) is 4.17. The Morgan fingerprint density at radius 2 is 2.28 bits per heavy atom. The Kier molecular flexibility index (Phi) is 4.38. The van der Waals surface area contributed by atoms with Gasteiger partial charge in [0.05, 0.1) is 23.1 Å². The second-order valence-corrected chi connectivity index (χ2v) is 4.99. The lowest BCUT2D eigenvalue weighted by molar-refractivity contribution is 0.0955. The van der Waals surface area contributed by atoms with Crippen LogP contribution in [0, 0.1) is 3.57 Å². The summed E-state index contributed by atoms with van der Waals surface area (Å²) in [4.78, 5) is 11.8. The molecule has 1 N–H and O–H groups in total. The molecule has 0 fully saturated rings. The first-order valence-corrected chi connectivity index (χ1v) is 6.44. The zero-order chi connectivity index (χ0) is 13.0. The van der Waals surface area contributed by atoms with Crippen LogP contribution >= 0.6 is 34.2 Å². The van der Waals surface area contributed by atoms with Crippen LogP contribution in [0.15, 0.2) is 46.1 Å². The van der Waals surface area contributed by atoms with Crippen molar-refractivity contribution in [2.24, 2.45) is 5.10 Å². The molecule has 6 heteroatoms. The van der Waals surface area contributed by atoms with Crippen molar-refractivity contribution < 1.29 is 9.21 Å². The molecule has 4 nitrogen and oxygen atoms in total. The highest BCUT2D eigenvalue weighted by Crippen LogP contribution is 2.18. The van der Waals surface area contributed by atoms with Crippen molar-refractivity contribution in [2.45, 2.75) is 0 Å². The standard InChI is InChI=1S/C12H8ClIN2O2/c13-11-4-3-8(14)6-10(11)12(17)16-15-7-9-2-1-5-18-9/h1-7H,(H,16,17). The Morgan fingerprint density at radius 3 is 3.00 bits per heavy atom. The minimum absolute atomic E-state index is 0.360. The van der Waals surface area contributed by atoms with Crippen molar-refractivity contribution in [3.8, 4) is 0 Å². The molecule has 0 radical (unpaired) electrons. The van der Waals surface area contributed by atoms with Crippen LogP contribution < -0.4 is 5.43 Å². The lowest BCUT2D eigenvalue weighted by Gasteiger charge is -2.02. The molecule has 2 rings (SSSR count). The highest BCUT2D eigenvalue weighted by molar-refractivity contribution is 14.1. The van der Waals surface area contributed by atoms with Crippen molar-refractivity contribution >= 4 is 46.3 Å². The third-order valence-corrected chi connectivity index (χ3v) is 3.07. The summed E-state index contributed by atoms with van der Waals surface area (Å²) >= 11 is 8.04. The van der Waals surface area contributed by atoms with E-state index in [9.17, 15) is 4.79 Å². The highest BCUT2D eigenvalue weighted by atomic mass is 127. The lowest BCUT2D eigenvalue weighted by atomic mass is 10.2. The fraction of sp³-hybridized carbons (Fsp3) is 0. The van der Waals surface area contributed by atoms with Crippen LogP contribution in [0.3, 0.4) is 0 Å². The van der Waals surface area contributed by atoms with Gasteiger partial charge < -0.3 is 4.42 Å². The van der Waals surface area contributed by atoms with E-state index in [0.29, 0.717) is 16.3 Å². The molecule has 2 aromatic rings. The van der Waals surface area contributed by atoms with Gasteiger partial charge in [0, 0.05) is 3.57 Å². The minimum atomic E-state index is -0.360. The molecule has 92 valence electrons. The Morgan fingerprint density at radius 1 is 1.44 bits per heavy atom. The third-order valence-electron chi connectivity index (χ3n) is 2.07. The summed E-state index contributed by atoms with van der Waals surface area (Å²) in [5.74, 6) is 0.199. The first kappa shape index (κ1) is 13.1. The summed E-state index contributed by atoms with van der Waals surface area (Å²) in [6.45, 7) is 0. The molecule has 0 aliphatic heterocycles. The maximum atomic E-state index is 11.8. The Hall–Kier alpha value is -1.34. The van der Waals surface area contributed by atoms with Crippen LogP contribution in [0.25, 0.3) is 0 Å². The van der Waals surface area contributed by atoms with Crippen molar-refractivity contribution in [1.29, 1.82) is 0 Å². The quantitative estimate of drug-likeness (QED) is 0.509. The van der Waals surface area contributed by atoms with Gasteiger partial charge in [0.25, 0.3) is 5.91 Å². The summed E-state index contributed by atoms with van der Waals surface area (Å²) in [5.41, 5.74) is 2.78. The maximum absolute atomic E-state index is 11.8. The van der Waals surface area contributed by atoms with Gasteiger partial charge in [0.15, 0.2) is 0 Å². The van der Waals surface area contributed by atoms with Crippen LogP contribution in [0.4, 0.5) is 0 Å². The molecule has 0 bridgehead atoms. The predicted molar refractivity (Wildman–Crippen MR) is 77.9 cm³/mol. The molecule has 1 aromatic heterocycles. The molecule has 0 aliphatic carbocycles. The zero-order valence-corrected chi connectivity index (χ0v) is 12.0. The van der Waals surface area contributed by atoms with Crippen molar-refractivity contribution in [1.82, 2.24) is 5.43 Å². The number of hydrogen-bond donors (Lipinski definition) is 1. The number of hydrogen-bond acceptors (Lipinski definition) is 3. The minimum Gasteiger partial charge on any atom is -0.463 e. The Balaban J connectivity index is 2.06. The van der Waals surface area contributed by atoms with Crippen molar-refractivity contribution in [3.05, 3.63) is 56.5 Å². The summed E-state index contributed by atoms with van der Waals surface area (Å²) in [6.07, 6.45) is 2.94. The molecule has 1 heterocycles. The van der Waals surface area contributed by atoms with E-state index in [1.165, 1.54) is 12.5 Å². The fourth-order valence-corrected chi connectivity index (χ4v) is 1.95. The van der Waals surface area contributed by atoms with Gasteiger partial charge in [0.1, 0.15) is 5.76 Å². The van der Waals surface area contributed by atoms with E-state index in [1.54, 1.807) is 24.3 Å². The topological polar surface area (TPSA) is 54.6 Å². The average molecular weight is 375 g/mol. The van der Waals surface area contributed by atoms with Gasteiger partial charge in [-0.1, -0.05) is 11.6 Å². The molecule has 0 spiro atoms. The molecule has 0 saturated carbocycles. The first-order chi connectivity index (χ1) is 8.66. The normalized spacial score (nSPS) is 10.8. The van der Waals surface area contributed by atoms with E-state index < -0.39 is 0 Å². The van der Waals surface area contributed by atoms with Gasteiger partial charge in [0.2, 0.25) is 0 Å². The van der Waals surface area contributed by atoms with Crippen molar-refractivity contribution in [3.63, 3.8) is 0 Å². The molecule has 1 amide bonds. The average Bonchev–Trinajstić information content (AvgIpc) is 2.85. The van der Waals surface area contributed by atoms with Gasteiger partial charge in [-0.3, -0.25) is 4.79 Å². The number of hydrazone groups is 1.